The Morgan fingerprint density at radius 1 is 1.11 bits per heavy atom. The Morgan fingerprint density at radius 2 is 1.72 bits per heavy atom. The van der Waals surface area contributed by atoms with Crippen LogP contribution in [0.15, 0.2) is 23.9 Å². The van der Waals surface area contributed by atoms with Gasteiger partial charge in [-0.25, -0.2) is 4.68 Å². The highest BCUT2D eigenvalue weighted by atomic mass is 15.3. The number of allylic oxidation sites excluding steroid dienone is 2. The molecule has 0 unspecified atom stereocenters. The Kier molecular flexibility index (Phi) is 2.87. The number of rotatable bonds is 1. The van der Waals surface area contributed by atoms with Gasteiger partial charge in [-0.15, -0.1) is 0 Å². The predicted molar refractivity (Wildman–Crippen MR) is 69.4 cm³/mol. The van der Waals surface area contributed by atoms with Crippen LogP contribution in [0, 0.1) is 22.7 Å². The lowest BCUT2D eigenvalue weighted by Gasteiger charge is -2.06. The zero-order valence-corrected chi connectivity index (χ0v) is 10.5. The molecule has 4 heteroatoms. The van der Waals surface area contributed by atoms with Gasteiger partial charge in [-0.1, -0.05) is 5.57 Å². The molecule has 0 aliphatic rings. The second kappa shape index (κ2) is 4.35. The van der Waals surface area contributed by atoms with Crippen molar-refractivity contribution in [2.45, 2.75) is 20.8 Å². The molecule has 1 heterocycles. The van der Waals surface area contributed by atoms with Gasteiger partial charge in [-0.05, 0) is 32.9 Å². The lowest BCUT2D eigenvalue weighted by molar-refractivity contribution is 0.914. The van der Waals surface area contributed by atoms with Crippen molar-refractivity contribution in [2.24, 2.45) is 0 Å². The third kappa shape index (κ3) is 1.74. The average molecular weight is 236 g/mol. The van der Waals surface area contributed by atoms with Crippen LogP contribution in [0.1, 0.15) is 31.9 Å². The van der Waals surface area contributed by atoms with Crippen LogP contribution in [0.25, 0.3) is 16.6 Å². The molecule has 0 N–H and O–H groups in total. The third-order valence-corrected chi connectivity index (χ3v) is 2.99. The van der Waals surface area contributed by atoms with Crippen LogP contribution >= 0.6 is 0 Å². The van der Waals surface area contributed by atoms with E-state index in [4.69, 9.17) is 10.5 Å². The minimum atomic E-state index is 0.383. The molecule has 18 heavy (non-hydrogen) atoms. The summed E-state index contributed by atoms with van der Waals surface area (Å²) in [5.74, 6) is 0. The van der Waals surface area contributed by atoms with E-state index in [1.165, 1.54) is 0 Å². The zero-order valence-electron chi connectivity index (χ0n) is 10.5. The quantitative estimate of drug-likeness (QED) is 0.764. The minimum Gasteiger partial charge on any atom is -0.238 e. The maximum Gasteiger partial charge on any atom is 0.101 e. The molecule has 0 spiro atoms. The topological polar surface area (TPSA) is 65.4 Å². The van der Waals surface area contributed by atoms with E-state index in [1.807, 2.05) is 32.9 Å². The number of aromatic nitrogens is 2. The fourth-order valence-electron chi connectivity index (χ4n) is 1.74. The van der Waals surface area contributed by atoms with Gasteiger partial charge in [0.1, 0.15) is 12.1 Å². The van der Waals surface area contributed by atoms with Crippen LogP contribution in [-0.4, -0.2) is 9.78 Å². The number of nitriles is 2. The first-order valence-corrected chi connectivity index (χ1v) is 5.55. The van der Waals surface area contributed by atoms with Gasteiger partial charge in [0.2, 0.25) is 0 Å². The second-order valence-corrected chi connectivity index (χ2v) is 4.32. The third-order valence-electron chi connectivity index (χ3n) is 2.99. The molecule has 0 saturated heterocycles. The summed E-state index contributed by atoms with van der Waals surface area (Å²) in [5, 5.41) is 23.2. The number of hydrogen-bond donors (Lipinski definition) is 0. The fraction of sp³-hybridized carbons (Fsp3) is 0.214. The van der Waals surface area contributed by atoms with Crippen LogP contribution in [0.5, 0.6) is 0 Å². The first kappa shape index (κ1) is 11.9. The highest BCUT2D eigenvalue weighted by Crippen LogP contribution is 2.22. The summed E-state index contributed by atoms with van der Waals surface area (Å²) in [4.78, 5) is 0. The Hall–Kier alpha value is -2.59. The van der Waals surface area contributed by atoms with Gasteiger partial charge in [0, 0.05) is 11.1 Å². The van der Waals surface area contributed by atoms with Crippen LogP contribution in [0.2, 0.25) is 0 Å². The van der Waals surface area contributed by atoms with E-state index < -0.39 is 0 Å². The molecule has 2 rings (SSSR count). The molecule has 0 aliphatic carbocycles. The number of benzene rings is 1. The Morgan fingerprint density at radius 3 is 2.28 bits per heavy atom. The van der Waals surface area contributed by atoms with Crippen molar-refractivity contribution in [1.82, 2.24) is 9.78 Å². The van der Waals surface area contributed by atoms with E-state index in [0.717, 1.165) is 22.2 Å². The first-order chi connectivity index (χ1) is 8.58. The van der Waals surface area contributed by atoms with E-state index in [1.54, 1.807) is 23.0 Å². The summed E-state index contributed by atoms with van der Waals surface area (Å²) < 4.78 is 1.80. The van der Waals surface area contributed by atoms with Crippen molar-refractivity contribution < 1.29 is 0 Å². The predicted octanol–water partition coefficient (Wildman–Crippen LogP) is 3.05. The Labute approximate surface area is 105 Å². The summed E-state index contributed by atoms with van der Waals surface area (Å²) in [6.07, 6.45) is 1.71. The van der Waals surface area contributed by atoms with Crippen molar-refractivity contribution in [3.8, 4) is 12.1 Å². The smallest absolute Gasteiger partial charge is 0.101 e. The number of fused-ring (bicyclic) bond motifs is 1. The minimum absolute atomic E-state index is 0.383. The highest BCUT2D eigenvalue weighted by Gasteiger charge is 2.10. The Bertz CT molecular complexity index is 731. The standard InChI is InChI=1S/C14H12N4/c1-9(2)10(3)18-14-5-12(7-16)11(6-15)4-13(14)8-17-18/h4-5,8H,1-3H3. The van der Waals surface area contributed by atoms with Crippen molar-refractivity contribution in [2.75, 3.05) is 0 Å². The van der Waals surface area contributed by atoms with Gasteiger partial charge in [0.25, 0.3) is 0 Å². The molecule has 0 aliphatic heterocycles. The van der Waals surface area contributed by atoms with Crippen LogP contribution in [0.4, 0.5) is 0 Å². The summed E-state index contributed by atoms with van der Waals surface area (Å²) >= 11 is 0. The molecule has 0 radical (unpaired) electrons. The molecule has 0 saturated carbocycles. The van der Waals surface area contributed by atoms with Crippen LogP contribution in [-0.2, 0) is 0 Å². The van der Waals surface area contributed by atoms with Gasteiger partial charge < -0.3 is 0 Å². The lowest BCUT2D eigenvalue weighted by atomic mass is 10.1. The van der Waals surface area contributed by atoms with Gasteiger partial charge in [-0.2, -0.15) is 15.6 Å². The fourth-order valence-corrected chi connectivity index (χ4v) is 1.74. The summed E-state index contributed by atoms with van der Waals surface area (Å²) in [7, 11) is 0. The maximum atomic E-state index is 9.04. The summed E-state index contributed by atoms with van der Waals surface area (Å²) in [6.45, 7) is 6.00. The zero-order chi connectivity index (χ0) is 13.3. The monoisotopic (exact) mass is 236 g/mol. The average Bonchev–Trinajstić information content (AvgIpc) is 2.78. The molecular formula is C14H12N4. The Balaban J connectivity index is 2.81. The molecular weight excluding hydrogens is 224 g/mol. The molecule has 0 amide bonds. The van der Waals surface area contributed by atoms with Crippen molar-refractivity contribution in [3.05, 3.63) is 35.0 Å². The van der Waals surface area contributed by atoms with Crippen molar-refractivity contribution in [1.29, 1.82) is 10.5 Å². The van der Waals surface area contributed by atoms with E-state index in [9.17, 15) is 0 Å². The molecule has 0 bridgehead atoms. The van der Waals surface area contributed by atoms with Crippen LogP contribution in [0.3, 0.4) is 0 Å². The van der Waals surface area contributed by atoms with E-state index >= 15 is 0 Å². The molecule has 2 aromatic rings. The van der Waals surface area contributed by atoms with E-state index in [0.29, 0.717) is 11.1 Å². The van der Waals surface area contributed by atoms with Gasteiger partial charge >= 0.3 is 0 Å². The molecule has 88 valence electrons. The molecule has 1 aromatic carbocycles. The van der Waals surface area contributed by atoms with Crippen LogP contribution < -0.4 is 0 Å². The summed E-state index contributed by atoms with van der Waals surface area (Å²) in [5.41, 5.74) is 3.80. The second-order valence-electron chi connectivity index (χ2n) is 4.32. The maximum absolute atomic E-state index is 9.04. The normalized spacial score (nSPS) is 9.83. The number of nitrogens with zero attached hydrogens (tertiary/aromatic N) is 4. The first-order valence-electron chi connectivity index (χ1n) is 5.55. The van der Waals surface area contributed by atoms with Crippen molar-refractivity contribution >= 4 is 16.6 Å². The number of hydrogen-bond acceptors (Lipinski definition) is 3. The molecule has 0 atom stereocenters. The SMILES string of the molecule is CC(C)=C(C)n1ncc2cc(C#N)c(C#N)cc21. The largest absolute Gasteiger partial charge is 0.238 e. The van der Waals surface area contributed by atoms with Gasteiger partial charge in [-0.3, -0.25) is 0 Å². The molecule has 0 fully saturated rings. The summed E-state index contributed by atoms with van der Waals surface area (Å²) in [6, 6.07) is 7.49. The highest BCUT2D eigenvalue weighted by molar-refractivity contribution is 5.85. The van der Waals surface area contributed by atoms with E-state index in [-0.39, 0.29) is 0 Å². The molecule has 4 nitrogen and oxygen atoms in total. The van der Waals surface area contributed by atoms with Gasteiger partial charge in [0.15, 0.2) is 0 Å². The van der Waals surface area contributed by atoms with Crippen molar-refractivity contribution in [3.63, 3.8) is 0 Å². The van der Waals surface area contributed by atoms with E-state index in [2.05, 4.69) is 5.10 Å². The molecule has 1 aromatic heterocycles. The lowest BCUT2D eigenvalue weighted by Crippen LogP contribution is -1.98. The van der Waals surface area contributed by atoms with Gasteiger partial charge in [0.05, 0.1) is 22.8 Å².